The molecule has 0 bridgehead atoms. The van der Waals surface area contributed by atoms with Crippen molar-refractivity contribution in [1.82, 2.24) is 9.55 Å². The van der Waals surface area contributed by atoms with E-state index in [2.05, 4.69) is 4.98 Å². The van der Waals surface area contributed by atoms with E-state index in [1.807, 2.05) is 20.4 Å². The van der Waals surface area contributed by atoms with Crippen LogP contribution in [0.2, 0.25) is 12.6 Å². The summed E-state index contributed by atoms with van der Waals surface area (Å²) in [6.45, 7) is 7.29. The van der Waals surface area contributed by atoms with Gasteiger partial charge in [-0.1, -0.05) is 0 Å². The molecule has 1 aromatic heterocycles. The third kappa shape index (κ3) is 4.59. The van der Waals surface area contributed by atoms with Crippen LogP contribution in [0.15, 0.2) is 18.7 Å². The molecule has 17 heavy (non-hydrogen) atoms. The van der Waals surface area contributed by atoms with Crippen LogP contribution in [0.25, 0.3) is 0 Å². The van der Waals surface area contributed by atoms with Crippen LogP contribution in [0.5, 0.6) is 0 Å². The summed E-state index contributed by atoms with van der Waals surface area (Å²) in [7, 11) is -2.12. The van der Waals surface area contributed by atoms with Crippen molar-refractivity contribution < 1.29 is 14.0 Å². The van der Waals surface area contributed by atoms with Crippen molar-refractivity contribution in [2.75, 3.05) is 13.2 Å². The van der Waals surface area contributed by atoms with E-state index in [0.29, 0.717) is 19.6 Å². The molecule has 0 saturated carbocycles. The average molecular weight is 258 g/mol. The van der Waals surface area contributed by atoms with Gasteiger partial charge in [0.1, 0.15) is 6.23 Å². The van der Waals surface area contributed by atoms with Gasteiger partial charge >= 0.3 is 8.56 Å². The Kier molecular flexibility index (Phi) is 5.83. The maximum Gasteiger partial charge on any atom is 0.335 e. The quantitative estimate of drug-likeness (QED) is 0.724. The van der Waals surface area contributed by atoms with Gasteiger partial charge in [-0.3, -0.25) is 0 Å². The van der Waals surface area contributed by atoms with Crippen LogP contribution in [-0.2, 0) is 8.85 Å². The maximum atomic E-state index is 9.94. The summed E-state index contributed by atoms with van der Waals surface area (Å²) in [6.07, 6.45) is 5.10. The van der Waals surface area contributed by atoms with E-state index in [1.165, 1.54) is 0 Å². The molecule has 0 amide bonds. The fourth-order valence-corrected chi connectivity index (χ4v) is 4.16. The second-order valence-corrected chi connectivity index (χ2v) is 7.37. The van der Waals surface area contributed by atoms with Crippen molar-refractivity contribution in [1.29, 1.82) is 0 Å². The minimum atomic E-state index is -2.12. The van der Waals surface area contributed by atoms with Crippen LogP contribution in [-0.4, -0.2) is 36.4 Å². The molecule has 0 aliphatic carbocycles. The first-order chi connectivity index (χ1) is 8.11. The Morgan fingerprint density at radius 3 is 2.47 bits per heavy atom. The number of hydrogen-bond acceptors (Lipinski definition) is 4. The second kappa shape index (κ2) is 6.90. The first-order valence-electron chi connectivity index (χ1n) is 6.04. The van der Waals surface area contributed by atoms with Gasteiger partial charge in [-0.25, -0.2) is 4.98 Å². The highest BCUT2D eigenvalue weighted by Gasteiger charge is 2.31. The lowest BCUT2D eigenvalue weighted by molar-refractivity contribution is 0.0932. The van der Waals surface area contributed by atoms with Crippen molar-refractivity contribution in [2.45, 2.75) is 39.1 Å². The zero-order valence-electron chi connectivity index (χ0n) is 10.8. The predicted molar refractivity (Wildman–Crippen MR) is 67.8 cm³/mol. The molecule has 98 valence electrons. The van der Waals surface area contributed by atoms with Crippen LogP contribution in [0, 0.1) is 0 Å². The highest BCUT2D eigenvalue weighted by atomic mass is 28.4. The number of aliphatic hydroxyl groups is 1. The van der Waals surface area contributed by atoms with E-state index in [-0.39, 0.29) is 0 Å². The van der Waals surface area contributed by atoms with Gasteiger partial charge in [0.25, 0.3) is 0 Å². The summed E-state index contributed by atoms with van der Waals surface area (Å²) in [5, 5.41) is 9.94. The van der Waals surface area contributed by atoms with Gasteiger partial charge in [-0.05, 0) is 32.9 Å². The van der Waals surface area contributed by atoms with Crippen molar-refractivity contribution >= 4 is 8.56 Å². The Balaban J connectivity index is 2.46. The number of rotatable bonds is 8. The van der Waals surface area contributed by atoms with Gasteiger partial charge in [0.05, 0.1) is 6.33 Å². The SMILES string of the molecule is CCO[Si](C)(CCC(O)n1ccnc1)OCC. The minimum Gasteiger partial charge on any atom is -0.395 e. The van der Waals surface area contributed by atoms with Crippen molar-refractivity contribution in [3.8, 4) is 0 Å². The molecule has 1 rings (SSSR count). The van der Waals surface area contributed by atoms with E-state index in [4.69, 9.17) is 8.85 Å². The Morgan fingerprint density at radius 1 is 1.35 bits per heavy atom. The van der Waals surface area contributed by atoms with Crippen molar-refractivity contribution in [3.63, 3.8) is 0 Å². The zero-order valence-corrected chi connectivity index (χ0v) is 11.8. The summed E-state index contributed by atoms with van der Waals surface area (Å²) in [5.74, 6) is 0. The van der Waals surface area contributed by atoms with Crippen LogP contribution in [0.4, 0.5) is 0 Å². The second-order valence-electron chi connectivity index (χ2n) is 4.03. The first-order valence-corrected chi connectivity index (χ1v) is 8.57. The van der Waals surface area contributed by atoms with Crippen LogP contribution >= 0.6 is 0 Å². The molecule has 1 atom stereocenters. The molecular formula is C11H22N2O3Si. The van der Waals surface area contributed by atoms with Crippen molar-refractivity contribution in [3.05, 3.63) is 18.7 Å². The zero-order chi connectivity index (χ0) is 12.7. The lowest BCUT2D eigenvalue weighted by Gasteiger charge is -2.27. The summed E-state index contributed by atoms with van der Waals surface area (Å²) in [5.41, 5.74) is 0. The molecule has 1 N–H and O–H groups in total. The molecule has 6 heteroatoms. The largest absolute Gasteiger partial charge is 0.395 e. The molecule has 0 aliphatic rings. The van der Waals surface area contributed by atoms with Crippen LogP contribution < -0.4 is 0 Å². The molecule has 1 aromatic rings. The molecule has 0 fully saturated rings. The summed E-state index contributed by atoms with van der Waals surface area (Å²) >= 11 is 0. The summed E-state index contributed by atoms with van der Waals surface area (Å²) < 4.78 is 13.1. The Morgan fingerprint density at radius 2 is 2.00 bits per heavy atom. The number of imidazole rings is 1. The number of hydrogen-bond donors (Lipinski definition) is 1. The standard InChI is InChI=1S/C11H22N2O3Si/c1-4-15-17(3,16-5-2)9-6-11(14)13-8-7-12-10-13/h7-8,10-11,14H,4-6,9H2,1-3H3. The third-order valence-corrected chi connectivity index (χ3v) is 5.62. The molecule has 1 heterocycles. The van der Waals surface area contributed by atoms with Gasteiger partial charge in [0.15, 0.2) is 0 Å². The molecule has 1 unspecified atom stereocenters. The molecule has 0 aromatic carbocycles. The predicted octanol–water partition coefficient (Wildman–Crippen LogP) is 1.91. The number of nitrogens with zero attached hydrogens (tertiary/aromatic N) is 2. The molecule has 0 spiro atoms. The monoisotopic (exact) mass is 258 g/mol. The number of aromatic nitrogens is 2. The van der Waals surface area contributed by atoms with Crippen LogP contribution in [0.3, 0.4) is 0 Å². The highest BCUT2D eigenvalue weighted by molar-refractivity contribution is 6.66. The van der Waals surface area contributed by atoms with E-state index >= 15 is 0 Å². The average Bonchev–Trinajstić information content (AvgIpc) is 2.80. The number of aliphatic hydroxyl groups excluding tert-OH is 1. The summed E-state index contributed by atoms with van der Waals surface area (Å²) in [6, 6.07) is 0.772. The fourth-order valence-electron chi connectivity index (χ4n) is 1.78. The Hall–Kier alpha value is -0.693. The van der Waals surface area contributed by atoms with E-state index in [9.17, 15) is 5.11 Å². The lowest BCUT2D eigenvalue weighted by Crippen LogP contribution is -2.39. The minimum absolute atomic E-state index is 0.551. The topological polar surface area (TPSA) is 56.5 Å². The third-order valence-electron chi connectivity index (χ3n) is 2.63. The van der Waals surface area contributed by atoms with Gasteiger partial charge in [0.2, 0.25) is 0 Å². The van der Waals surface area contributed by atoms with Gasteiger partial charge in [0, 0.05) is 25.6 Å². The lowest BCUT2D eigenvalue weighted by atomic mass is 10.4. The van der Waals surface area contributed by atoms with E-state index in [0.717, 1.165) is 6.04 Å². The molecule has 0 radical (unpaired) electrons. The molecule has 0 aliphatic heterocycles. The van der Waals surface area contributed by atoms with Gasteiger partial charge in [-0.15, -0.1) is 0 Å². The van der Waals surface area contributed by atoms with E-state index < -0.39 is 14.8 Å². The maximum absolute atomic E-state index is 9.94. The smallest absolute Gasteiger partial charge is 0.335 e. The molecular weight excluding hydrogens is 236 g/mol. The van der Waals surface area contributed by atoms with Crippen molar-refractivity contribution in [2.24, 2.45) is 0 Å². The van der Waals surface area contributed by atoms with E-state index in [1.54, 1.807) is 23.3 Å². The van der Waals surface area contributed by atoms with Gasteiger partial charge in [-0.2, -0.15) is 0 Å². The normalized spacial score (nSPS) is 13.9. The molecule has 0 saturated heterocycles. The summed E-state index contributed by atoms with van der Waals surface area (Å²) in [4.78, 5) is 3.91. The first kappa shape index (κ1) is 14.4. The Bertz CT molecular complexity index is 300. The van der Waals surface area contributed by atoms with Gasteiger partial charge < -0.3 is 18.5 Å². The highest BCUT2D eigenvalue weighted by Crippen LogP contribution is 2.20. The molecule has 5 nitrogen and oxygen atoms in total. The Labute approximate surface area is 104 Å². The van der Waals surface area contributed by atoms with Crippen LogP contribution in [0.1, 0.15) is 26.5 Å². The fraction of sp³-hybridized carbons (Fsp3) is 0.727.